The molecule has 0 spiro atoms. The van der Waals surface area contributed by atoms with E-state index >= 15 is 0 Å². The standard InChI is InChI=1S/C11H8N2OS/c14-15-6-5-8-7-12-9-3-1-2-4-10(9)13-11(8)15/h1-7,13H. The summed E-state index contributed by atoms with van der Waals surface area (Å²) in [4.78, 5) is 4.33. The van der Waals surface area contributed by atoms with Crippen LogP contribution < -0.4 is 5.32 Å². The first-order valence-electron chi connectivity index (χ1n) is 4.58. The highest BCUT2D eigenvalue weighted by Crippen LogP contribution is 2.31. The molecule has 0 amide bonds. The molecule has 0 fully saturated rings. The Bertz CT molecular complexity index is 543. The topological polar surface area (TPSA) is 41.5 Å². The summed E-state index contributed by atoms with van der Waals surface area (Å²) in [6.45, 7) is 0. The van der Waals surface area contributed by atoms with Gasteiger partial charge < -0.3 is 5.32 Å². The van der Waals surface area contributed by atoms with Crippen molar-refractivity contribution < 1.29 is 4.21 Å². The van der Waals surface area contributed by atoms with E-state index in [1.54, 1.807) is 11.6 Å². The Kier molecular flexibility index (Phi) is 1.82. The lowest BCUT2D eigenvalue weighted by molar-refractivity contribution is 0.692. The molecule has 0 saturated carbocycles. The highest BCUT2D eigenvalue weighted by molar-refractivity contribution is 7.92. The predicted octanol–water partition coefficient (Wildman–Crippen LogP) is 2.30. The normalized spacial score (nSPS) is 22.0. The summed E-state index contributed by atoms with van der Waals surface area (Å²) in [5.41, 5.74) is 2.66. The van der Waals surface area contributed by atoms with Gasteiger partial charge in [-0.25, -0.2) is 4.21 Å². The zero-order valence-corrected chi connectivity index (χ0v) is 8.62. The van der Waals surface area contributed by atoms with Crippen molar-refractivity contribution in [1.29, 1.82) is 0 Å². The van der Waals surface area contributed by atoms with Gasteiger partial charge in [0.25, 0.3) is 0 Å². The first-order valence-corrected chi connectivity index (χ1v) is 5.79. The zero-order chi connectivity index (χ0) is 10.3. The number of para-hydroxylation sites is 2. The van der Waals surface area contributed by atoms with E-state index in [1.807, 2.05) is 30.3 Å². The second-order valence-corrected chi connectivity index (χ2v) is 4.56. The Labute approximate surface area is 89.7 Å². The van der Waals surface area contributed by atoms with Crippen molar-refractivity contribution >= 4 is 28.4 Å². The van der Waals surface area contributed by atoms with E-state index in [-0.39, 0.29) is 0 Å². The van der Waals surface area contributed by atoms with Gasteiger partial charge in [0.1, 0.15) is 5.03 Å². The van der Waals surface area contributed by atoms with Crippen LogP contribution in [0, 0.1) is 0 Å². The third-order valence-corrected chi connectivity index (χ3v) is 3.45. The molecule has 1 aromatic carbocycles. The van der Waals surface area contributed by atoms with E-state index in [1.165, 1.54) is 0 Å². The SMILES string of the molecule is O=S1C=CC2=C1Nc1ccccc1N=C2. The summed E-state index contributed by atoms with van der Waals surface area (Å²) in [7, 11) is -1.06. The molecular formula is C11H8N2OS. The van der Waals surface area contributed by atoms with E-state index in [9.17, 15) is 4.21 Å². The molecule has 0 saturated heterocycles. The van der Waals surface area contributed by atoms with Crippen molar-refractivity contribution in [3.63, 3.8) is 0 Å². The molecule has 15 heavy (non-hydrogen) atoms. The van der Waals surface area contributed by atoms with Gasteiger partial charge in [0, 0.05) is 17.2 Å². The predicted molar refractivity (Wildman–Crippen MR) is 62.5 cm³/mol. The number of benzene rings is 1. The van der Waals surface area contributed by atoms with Crippen LogP contribution in [-0.2, 0) is 10.8 Å². The Morgan fingerprint density at radius 1 is 1.27 bits per heavy atom. The van der Waals surface area contributed by atoms with E-state index in [4.69, 9.17) is 0 Å². The van der Waals surface area contributed by atoms with Gasteiger partial charge in [-0.15, -0.1) is 0 Å². The number of anilines is 1. The van der Waals surface area contributed by atoms with Crippen molar-refractivity contribution in [1.82, 2.24) is 0 Å². The highest BCUT2D eigenvalue weighted by atomic mass is 32.2. The molecule has 0 radical (unpaired) electrons. The highest BCUT2D eigenvalue weighted by Gasteiger charge is 2.18. The Morgan fingerprint density at radius 3 is 3.07 bits per heavy atom. The van der Waals surface area contributed by atoms with Crippen LogP contribution >= 0.6 is 0 Å². The van der Waals surface area contributed by atoms with Crippen molar-refractivity contribution in [3.05, 3.63) is 46.4 Å². The van der Waals surface area contributed by atoms with Gasteiger partial charge in [0.15, 0.2) is 0 Å². The third kappa shape index (κ3) is 1.34. The minimum atomic E-state index is -1.06. The van der Waals surface area contributed by atoms with Crippen LogP contribution in [0.2, 0.25) is 0 Å². The molecule has 0 bridgehead atoms. The van der Waals surface area contributed by atoms with E-state index < -0.39 is 10.8 Å². The van der Waals surface area contributed by atoms with Crippen LogP contribution in [0.5, 0.6) is 0 Å². The Balaban J connectivity index is 2.15. The van der Waals surface area contributed by atoms with Gasteiger partial charge in [-0.1, -0.05) is 12.1 Å². The van der Waals surface area contributed by atoms with Crippen LogP contribution in [0.1, 0.15) is 0 Å². The van der Waals surface area contributed by atoms with E-state index in [2.05, 4.69) is 10.3 Å². The average Bonchev–Trinajstić information content (AvgIpc) is 2.51. The first kappa shape index (κ1) is 8.61. The molecule has 1 unspecified atom stereocenters. The maximum absolute atomic E-state index is 11.6. The van der Waals surface area contributed by atoms with Crippen molar-refractivity contribution in [3.8, 4) is 0 Å². The number of nitrogens with one attached hydrogen (secondary N) is 1. The quantitative estimate of drug-likeness (QED) is 0.723. The largest absolute Gasteiger partial charge is 0.346 e. The smallest absolute Gasteiger partial charge is 0.117 e. The number of aliphatic imine (C=N–C) groups is 1. The van der Waals surface area contributed by atoms with Gasteiger partial charge >= 0.3 is 0 Å². The molecule has 3 nitrogen and oxygen atoms in total. The lowest BCUT2D eigenvalue weighted by atomic mass is 10.3. The van der Waals surface area contributed by atoms with Gasteiger partial charge in [0.05, 0.1) is 22.2 Å². The molecule has 1 aromatic rings. The summed E-state index contributed by atoms with van der Waals surface area (Å²) in [6.07, 6.45) is 3.57. The summed E-state index contributed by atoms with van der Waals surface area (Å²) in [5, 5.41) is 5.55. The zero-order valence-electron chi connectivity index (χ0n) is 7.81. The van der Waals surface area contributed by atoms with E-state index in [0.29, 0.717) is 0 Å². The number of hydrogen-bond donors (Lipinski definition) is 1. The monoisotopic (exact) mass is 216 g/mol. The van der Waals surface area contributed by atoms with Crippen LogP contribution in [0.15, 0.2) is 51.3 Å². The van der Waals surface area contributed by atoms with Crippen LogP contribution in [0.4, 0.5) is 11.4 Å². The summed E-state index contributed by atoms with van der Waals surface area (Å²) < 4.78 is 11.6. The van der Waals surface area contributed by atoms with E-state index in [0.717, 1.165) is 22.0 Å². The molecule has 74 valence electrons. The Hall–Kier alpha value is -1.68. The summed E-state index contributed by atoms with van der Waals surface area (Å²) in [6, 6.07) is 7.71. The maximum Gasteiger partial charge on any atom is 0.117 e. The summed E-state index contributed by atoms with van der Waals surface area (Å²) >= 11 is 0. The van der Waals surface area contributed by atoms with Crippen LogP contribution in [-0.4, -0.2) is 10.4 Å². The number of hydrogen-bond acceptors (Lipinski definition) is 3. The fourth-order valence-corrected chi connectivity index (χ4v) is 2.54. The third-order valence-electron chi connectivity index (χ3n) is 2.33. The average molecular weight is 216 g/mol. The number of fused-ring (bicyclic) bond motifs is 1. The molecule has 1 atom stereocenters. The van der Waals surface area contributed by atoms with Crippen LogP contribution in [0.3, 0.4) is 0 Å². The minimum absolute atomic E-state index is 0.726. The molecule has 2 heterocycles. The molecule has 0 aromatic heterocycles. The maximum atomic E-state index is 11.6. The minimum Gasteiger partial charge on any atom is -0.346 e. The lowest BCUT2D eigenvalue weighted by Crippen LogP contribution is -2.02. The van der Waals surface area contributed by atoms with Crippen molar-refractivity contribution in [2.24, 2.45) is 4.99 Å². The molecule has 2 aliphatic heterocycles. The van der Waals surface area contributed by atoms with Gasteiger partial charge in [-0.3, -0.25) is 4.99 Å². The molecule has 2 aliphatic rings. The Morgan fingerprint density at radius 2 is 2.13 bits per heavy atom. The number of nitrogens with zero attached hydrogens (tertiary/aromatic N) is 1. The fraction of sp³-hybridized carbons (Fsp3) is 0. The van der Waals surface area contributed by atoms with Gasteiger partial charge in [-0.2, -0.15) is 0 Å². The molecule has 1 N–H and O–H groups in total. The number of allylic oxidation sites excluding steroid dienone is 2. The molecule has 4 heteroatoms. The molecular weight excluding hydrogens is 208 g/mol. The first-order chi connectivity index (χ1) is 7.34. The van der Waals surface area contributed by atoms with Gasteiger partial charge in [-0.05, 0) is 18.2 Å². The van der Waals surface area contributed by atoms with Crippen LogP contribution in [0.25, 0.3) is 0 Å². The molecule has 0 aliphatic carbocycles. The lowest BCUT2D eigenvalue weighted by Gasteiger charge is -2.07. The summed E-state index contributed by atoms with van der Waals surface area (Å²) in [5.74, 6) is 0. The second-order valence-electron chi connectivity index (χ2n) is 3.28. The van der Waals surface area contributed by atoms with Gasteiger partial charge in [0.2, 0.25) is 0 Å². The number of rotatable bonds is 0. The second kappa shape index (κ2) is 3.17. The fourth-order valence-electron chi connectivity index (χ4n) is 1.57. The van der Waals surface area contributed by atoms with Crippen molar-refractivity contribution in [2.75, 3.05) is 5.32 Å². The van der Waals surface area contributed by atoms with Crippen molar-refractivity contribution in [2.45, 2.75) is 0 Å². The molecule has 3 rings (SSSR count).